The molecule has 6 heteroatoms. The lowest BCUT2D eigenvalue weighted by Crippen LogP contribution is -1.94. The van der Waals surface area contributed by atoms with Gasteiger partial charge < -0.3 is 10.7 Å². The van der Waals surface area contributed by atoms with Crippen molar-refractivity contribution in [3.05, 3.63) is 36.0 Å². The van der Waals surface area contributed by atoms with Gasteiger partial charge in [-0.25, -0.2) is 15.0 Å². The molecule has 18 heavy (non-hydrogen) atoms. The average molecular weight is 257 g/mol. The Bertz CT molecular complexity index is 707. The van der Waals surface area contributed by atoms with Crippen LogP contribution in [0, 0.1) is 6.92 Å². The Kier molecular flexibility index (Phi) is 2.64. The van der Waals surface area contributed by atoms with Crippen molar-refractivity contribution >= 4 is 28.7 Å². The summed E-state index contributed by atoms with van der Waals surface area (Å²) in [6, 6.07) is 7.92. The van der Waals surface area contributed by atoms with Crippen molar-refractivity contribution in [3.8, 4) is 0 Å². The molecule has 0 unspecified atom stereocenters. The highest BCUT2D eigenvalue weighted by Gasteiger charge is 2.06. The highest BCUT2D eigenvalue weighted by atomic mass is 32.2. The number of anilines is 1. The van der Waals surface area contributed by atoms with Gasteiger partial charge in [0.05, 0.1) is 11.0 Å². The van der Waals surface area contributed by atoms with Gasteiger partial charge in [-0.15, -0.1) is 0 Å². The topological polar surface area (TPSA) is 80.5 Å². The molecule has 3 rings (SSSR count). The third-order valence-electron chi connectivity index (χ3n) is 2.47. The fourth-order valence-corrected chi connectivity index (χ4v) is 2.43. The summed E-state index contributed by atoms with van der Waals surface area (Å²) >= 11 is 1.44. The van der Waals surface area contributed by atoms with Crippen LogP contribution in [-0.2, 0) is 0 Å². The van der Waals surface area contributed by atoms with Crippen molar-refractivity contribution in [3.63, 3.8) is 0 Å². The zero-order valence-corrected chi connectivity index (χ0v) is 10.5. The molecule has 5 nitrogen and oxygen atoms in total. The lowest BCUT2D eigenvalue weighted by atomic mass is 10.2. The second-order valence-electron chi connectivity index (χ2n) is 3.92. The van der Waals surface area contributed by atoms with Gasteiger partial charge in [0, 0.05) is 6.20 Å². The van der Waals surface area contributed by atoms with Crippen LogP contribution in [0.25, 0.3) is 11.0 Å². The number of nitrogens with one attached hydrogen (secondary N) is 1. The summed E-state index contributed by atoms with van der Waals surface area (Å²) in [5.74, 6) is 0.270. The number of aryl methyl sites for hydroxylation is 1. The number of imidazole rings is 1. The van der Waals surface area contributed by atoms with E-state index in [1.807, 2.05) is 12.1 Å². The van der Waals surface area contributed by atoms with Crippen LogP contribution in [-0.4, -0.2) is 19.9 Å². The van der Waals surface area contributed by atoms with Gasteiger partial charge in [0.15, 0.2) is 5.16 Å². The normalized spacial score (nSPS) is 10.9. The average Bonchev–Trinajstić information content (AvgIpc) is 2.70. The summed E-state index contributed by atoms with van der Waals surface area (Å²) in [5, 5.41) is 1.58. The number of rotatable bonds is 2. The lowest BCUT2D eigenvalue weighted by Gasteiger charge is -1.96. The molecule has 0 spiro atoms. The number of hydrogen-bond acceptors (Lipinski definition) is 5. The molecule has 1 aromatic carbocycles. The van der Waals surface area contributed by atoms with Crippen LogP contribution in [0.1, 0.15) is 5.56 Å². The Hall–Kier alpha value is -2.08. The van der Waals surface area contributed by atoms with E-state index in [0.717, 1.165) is 21.2 Å². The molecule has 0 saturated heterocycles. The van der Waals surface area contributed by atoms with E-state index in [0.29, 0.717) is 0 Å². The van der Waals surface area contributed by atoms with Gasteiger partial charge in [0.2, 0.25) is 5.95 Å². The zero-order valence-electron chi connectivity index (χ0n) is 9.71. The number of H-pyrrole nitrogens is 1. The van der Waals surface area contributed by atoms with Crippen LogP contribution >= 0.6 is 11.8 Å². The summed E-state index contributed by atoms with van der Waals surface area (Å²) in [5.41, 5.74) is 8.72. The Balaban J connectivity index is 1.95. The molecule has 90 valence electrons. The molecular weight excluding hydrogens is 246 g/mol. The predicted octanol–water partition coefficient (Wildman–Crippen LogP) is 2.39. The number of aromatic nitrogens is 4. The second kappa shape index (κ2) is 4.30. The standard InChI is InChI=1S/C12H11N5S/c1-7-2-3-8-9(6-7)16-12(15-8)18-10-4-5-14-11(13)17-10/h2-6H,1H3,(H,15,16)(H2,13,14,17). The van der Waals surface area contributed by atoms with Crippen LogP contribution in [0.15, 0.2) is 40.6 Å². The van der Waals surface area contributed by atoms with E-state index in [9.17, 15) is 0 Å². The van der Waals surface area contributed by atoms with E-state index in [1.54, 1.807) is 12.3 Å². The summed E-state index contributed by atoms with van der Waals surface area (Å²) in [6.45, 7) is 2.05. The van der Waals surface area contributed by atoms with Gasteiger partial charge in [-0.1, -0.05) is 6.07 Å². The van der Waals surface area contributed by atoms with Crippen LogP contribution in [0.5, 0.6) is 0 Å². The smallest absolute Gasteiger partial charge is 0.221 e. The third-order valence-corrected chi connectivity index (χ3v) is 3.29. The van der Waals surface area contributed by atoms with E-state index in [4.69, 9.17) is 5.73 Å². The molecule has 0 aliphatic carbocycles. The fraction of sp³-hybridized carbons (Fsp3) is 0.0833. The number of nitrogen functional groups attached to an aromatic ring is 1. The molecule has 0 aliphatic heterocycles. The van der Waals surface area contributed by atoms with Crippen molar-refractivity contribution in [1.29, 1.82) is 0 Å². The van der Waals surface area contributed by atoms with Crippen LogP contribution in [0.3, 0.4) is 0 Å². The molecule has 0 saturated carbocycles. The molecule has 0 aliphatic rings. The van der Waals surface area contributed by atoms with Gasteiger partial charge >= 0.3 is 0 Å². The van der Waals surface area contributed by atoms with Gasteiger partial charge in [0.1, 0.15) is 5.03 Å². The zero-order chi connectivity index (χ0) is 12.5. The van der Waals surface area contributed by atoms with Crippen molar-refractivity contribution < 1.29 is 0 Å². The summed E-state index contributed by atoms with van der Waals surface area (Å²) in [4.78, 5) is 15.7. The Labute approximate surface area is 108 Å². The Morgan fingerprint density at radius 2 is 2.11 bits per heavy atom. The summed E-state index contributed by atoms with van der Waals surface area (Å²) in [7, 11) is 0. The van der Waals surface area contributed by atoms with Crippen molar-refractivity contribution in [1.82, 2.24) is 19.9 Å². The lowest BCUT2D eigenvalue weighted by molar-refractivity contribution is 1.03. The fourth-order valence-electron chi connectivity index (χ4n) is 1.66. The highest BCUT2D eigenvalue weighted by molar-refractivity contribution is 7.99. The number of nitrogens with two attached hydrogens (primary N) is 1. The molecule has 2 aromatic heterocycles. The molecule has 0 radical (unpaired) electrons. The monoisotopic (exact) mass is 257 g/mol. The van der Waals surface area contributed by atoms with Gasteiger partial charge in [0.25, 0.3) is 0 Å². The van der Waals surface area contributed by atoms with Gasteiger partial charge in [-0.2, -0.15) is 0 Å². The Morgan fingerprint density at radius 1 is 1.22 bits per heavy atom. The number of hydrogen-bond donors (Lipinski definition) is 2. The quantitative estimate of drug-likeness (QED) is 0.689. The molecule has 3 aromatic rings. The summed E-state index contributed by atoms with van der Waals surface area (Å²) in [6.07, 6.45) is 1.64. The molecule has 3 N–H and O–H groups in total. The van der Waals surface area contributed by atoms with Crippen LogP contribution < -0.4 is 5.73 Å². The molecule has 0 bridgehead atoms. The van der Waals surface area contributed by atoms with Gasteiger partial charge in [-0.05, 0) is 42.4 Å². The molecule has 2 heterocycles. The second-order valence-corrected chi connectivity index (χ2v) is 4.93. The van der Waals surface area contributed by atoms with Gasteiger partial charge in [-0.3, -0.25) is 0 Å². The van der Waals surface area contributed by atoms with E-state index in [2.05, 4.69) is 32.9 Å². The molecule has 0 amide bonds. The first-order chi connectivity index (χ1) is 8.70. The Morgan fingerprint density at radius 3 is 2.94 bits per heavy atom. The van der Waals surface area contributed by atoms with Crippen LogP contribution in [0.2, 0.25) is 0 Å². The first kappa shape index (κ1) is 11.0. The highest BCUT2D eigenvalue weighted by Crippen LogP contribution is 2.25. The summed E-state index contributed by atoms with van der Waals surface area (Å²) < 4.78 is 0. The SMILES string of the molecule is Cc1ccc2nc(Sc3ccnc(N)n3)[nH]c2c1. The minimum Gasteiger partial charge on any atom is -0.368 e. The minimum atomic E-state index is 0.270. The minimum absolute atomic E-state index is 0.270. The first-order valence-corrected chi connectivity index (χ1v) is 6.25. The number of fused-ring (bicyclic) bond motifs is 1. The van der Waals surface area contributed by atoms with Crippen molar-refractivity contribution in [2.24, 2.45) is 0 Å². The maximum atomic E-state index is 5.54. The number of aromatic amines is 1. The maximum absolute atomic E-state index is 5.54. The maximum Gasteiger partial charge on any atom is 0.221 e. The van der Waals surface area contributed by atoms with Crippen molar-refractivity contribution in [2.75, 3.05) is 5.73 Å². The van der Waals surface area contributed by atoms with E-state index in [1.165, 1.54) is 17.3 Å². The molecule has 0 fully saturated rings. The number of nitrogens with zero attached hydrogens (tertiary/aromatic N) is 3. The van der Waals surface area contributed by atoms with E-state index in [-0.39, 0.29) is 5.95 Å². The largest absolute Gasteiger partial charge is 0.368 e. The van der Waals surface area contributed by atoms with E-state index >= 15 is 0 Å². The predicted molar refractivity (Wildman–Crippen MR) is 71.4 cm³/mol. The molecular formula is C12H11N5S. The third kappa shape index (κ3) is 2.14. The number of benzene rings is 1. The van der Waals surface area contributed by atoms with Crippen LogP contribution in [0.4, 0.5) is 5.95 Å². The van der Waals surface area contributed by atoms with E-state index < -0.39 is 0 Å². The first-order valence-electron chi connectivity index (χ1n) is 5.43. The molecule has 0 atom stereocenters. The van der Waals surface area contributed by atoms with Crippen molar-refractivity contribution in [2.45, 2.75) is 17.1 Å².